The van der Waals surface area contributed by atoms with Gasteiger partial charge in [-0.2, -0.15) is 5.10 Å². The molecule has 1 aromatic carbocycles. The van der Waals surface area contributed by atoms with Crippen molar-refractivity contribution in [3.8, 4) is 11.5 Å². The van der Waals surface area contributed by atoms with Gasteiger partial charge in [0, 0.05) is 19.3 Å². The molecule has 2 aliphatic rings. The van der Waals surface area contributed by atoms with Crippen LogP contribution in [0.3, 0.4) is 0 Å². The van der Waals surface area contributed by atoms with Gasteiger partial charge in [-0.05, 0) is 48.6 Å². The number of anilines is 1. The smallest absolute Gasteiger partial charge is 0.161 e. The number of pyridine rings is 1. The van der Waals surface area contributed by atoms with E-state index in [2.05, 4.69) is 38.3 Å². The predicted octanol–water partition coefficient (Wildman–Crippen LogP) is 3.04. The molecule has 5 rings (SSSR count). The number of methoxy groups -OCH3 is 2. The second kappa shape index (κ2) is 6.67. The van der Waals surface area contributed by atoms with Crippen LogP contribution in [0.5, 0.6) is 11.5 Å². The highest BCUT2D eigenvalue weighted by atomic mass is 16.5. The van der Waals surface area contributed by atoms with E-state index in [9.17, 15) is 0 Å². The zero-order chi connectivity index (χ0) is 19.1. The molecule has 0 atom stereocenters. The number of benzene rings is 1. The first-order chi connectivity index (χ1) is 13.7. The Morgan fingerprint density at radius 2 is 1.93 bits per heavy atom. The van der Waals surface area contributed by atoms with Crippen LogP contribution in [0.1, 0.15) is 24.0 Å². The lowest BCUT2D eigenvalue weighted by Crippen LogP contribution is -2.46. The molecule has 1 saturated heterocycles. The third-order valence-electron chi connectivity index (χ3n) is 6.09. The molecule has 146 valence electrons. The van der Waals surface area contributed by atoms with Gasteiger partial charge in [-0.1, -0.05) is 0 Å². The van der Waals surface area contributed by atoms with Gasteiger partial charge in [-0.15, -0.1) is 0 Å². The largest absolute Gasteiger partial charge is 0.493 e. The van der Waals surface area contributed by atoms with Gasteiger partial charge in [0.1, 0.15) is 0 Å². The maximum absolute atomic E-state index is 6.41. The summed E-state index contributed by atoms with van der Waals surface area (Å²) in [5.74, 6) is 1.55. The second-order valence-electron chi connectivity index (χ2n) is 7.41. The first-order valence-corrected chi connectivity index (χ1v) is 9.66. The number of nitrogens with zero attached hydrogens (tertiary/aromatic N) is 3. The number of ether oxygens (including phenoxy) is 3. The van der Waals surface area contributed by atoms with Gasteiger partial charge >= 0.3 is 0 Å². The van der Waals surface area contributed by atoms with Crippen LogP contribution in [0.25, 0.3) is 11.0 Å². The summed E-state index contributed by atoms with van der Waals surface area (Å²) in [6, 6.07) is 6.30. The molecule has 1 spiro atoms. The fourth-order valence-electron chi connectivity index (χ4n) is 4.62. The third-order valence-corrected chi connectivity index (χ3v) is 6.09. The highest BCUT2D eigenvalue weighted by Crippen LogP contribution is 2.46. The van der Waals surface area contributed by atoms with Crippen LogP contribution < -0.4 is 14.4 Å². The molecule has 4 heterocycles. The number of fused-ring (bicyclic) bond motifs is 3. The minimum atomic E-state index is -0.258. The average Bonchev–Trinajstić information content (AvgIpc) is 3.23. The van der Waals surface area contributed by atoms with E-state index < -0.39 is 0 Å². The fraction of sp³-hybridized carbons (Fsp3) is 0.429. The first kappa shape index (κ1) is 17.3. The van der Waals surface area contributed by atoms with E-state index in [-0.39, 0.29) is 5.60 Å². The molecule has 0 amide bonds. The summed E-state index contributed by atoms with van der Waals surface area (Å²) in [5.41, 5.74) is 4.30. The molecule has 7 nitrogen and oxygen atoms in total. The number of rotatable bonds is 3. The van der Waals surface area contributed by atoms with E-state index in [0.29, 0.717) is 0 Å². The monoisotopic (exact) mass is 380 g/mol. The topological polar surface area (TPSA) is 72.5 Å². The predicted molar refractivity (Wildman–Crippen MR) is 106 cm³/mol. The molecule has 0 saturated carbocycles. The number of piperidine rings is 1. The van der Waals surface area contributed by atoms with Crippen molar-refractivity contribution in [3.05, 3.63) is 41.7 Å². The number of aromatic amines is 1. The van der Waals surface area contributed by atoms with Crippen molar-refractivity contribution < 1.29 is 14.2 Å². The Bertz CT molecular complexity index is 1010. The maximum atomic E-state index is 6.41. The Kier molecular flexibility index (Phi) is 4.12. The molecule has 2 aliphatic heterocycles. The van der Waals surface area contributed by atoms with Gasteiger partial charge in [-0.25, -0.2) is 4.98 Å². The number of hydrogen-bond donors (Lipinski definition) is 1. The van der Waals surface area contributed by atoms with Crippen molar-refractivity contribution in [3.63, 3.8) is 0 Å². The Balaban J connectivity index is 1.46. The SMILES string of the molecule is COc1cc2c(cc1OC)C1(CCN(c3ccnc4[nH]ncc34)CC1)OCC2. The van der Waals surface area contributed by atoms with Crippen molar-refractivity contribution in [1.29, 1.82) is 0 Å². The molecule has 1 N–H and O–H groups in total. The third kappa shape index (κ3) is 2.61. The van der Waals surface area contributed by atoms with Gasteiger partial charge in [-0.3, -0.25) is 5.10 Å². The van der Waals surface area contributed by atoms with Gasteiger partial charge in [0.2, 0.25) is 0 Å². The lowest BCUT2D eigenvalue weighted by atomic mass is 9.79. The average molecular weight is 380 g/mol. The van der Waals surface area contributed by atoms with Crippen molar-refractivity contribution in [2.24, 2.45) is 0 Å². The summed E-state index contributed by atoms with van der Waals surface area (Å²) in [6.07, 6.45) is 6.45. The van der Waals surface area contributed by atoms with E-state index >= 15 is 0 Å². The molecular weight excluding hydrogens is 356 g/mol. The summed E-state index contributed by atoms with van der Waals surface area (Å²) >= 11 is 0. The summed E-state index contributed by atoms with van der Waals surface area (Å²) in [4.78, 5) is 6.76. The van der Waals surface area contributed by atoms with Crippen molar-refractivity contribution in [2.45, 2.75) is 24.9 Å². The molecule has 0 radical (unpaired) electrons. The first-order valence-electron chi connectivity index (χ1n) is 9.66. The molecule has 3 aromatic rings. The molecule has 2 aromatic heterocycles. The van der Waals surface area contributed by atoms with Gasteiger partial charge in [0.15, 0.2) is 17.1 Å². The number of hydrogen-bond acceptors (Lipinski definition) is 6. The normalized spacial score (nSPS) is 18.3. The van der Waals surface area contributed by atoms with Crippen molar-refractivity contribution >= 4 is 16.7 Å². The minimum absolute atomic E-state index is 0.258. The van der Waals surface area contributed by atoms with Crippen LogP contribution in [0, 0.1) is 0 Å². The standard InChI is InChI=1S/C21H24N4O3/c1-26-18-11-14-4-10-28-21(16(14)12-19(18)27-2)5-8-25(9-6-21)17-3-7-22-20-15(17)13-23-24-20/h3,7,11-13H,4-6,8-10H2,1-2H3,(H,22,23,24). The van der Waals surface area contributed by atoms with E-state index in [1.165, 1.54) is 16.8 Å². The maximum Gasteiger partial charge on any atom is 0.161 e. The minimum Gasteiger partial charge on any atom is -0.493 e. The molecule has 7 heteroatoms. The second-order valence-corrected chi connectivity index (χ2v) is 7.41. The van der Waals surface area contributed by atoms with E-state index in [0.717, 1.165) is 61.5 Å². The molecule has 1 fully saturated rings. The van der Waals surface area contributed by atoms with Crippen molar-refractivity contribution in [2.75, 3.05) is 38.8 Å². The molecule has 0 unspecified atom stereocenters. The zero-order valence-electron chi connectivity index (χ0n) is 16.2. The Labute approximate surface area is 163 Å². The summed E-state index contributed by atoms with van der Waals surface area (Å²) < 4.78 is 17.5. The summed E-state index contributed by atoms with van der Waals surface area (Å²) in [7, 11) is 3.37. The zero-order valence-corrected chi connectivity index (χ0v) is 16.2. The summed E-state index contributed by atoms with van der Waals surface area (Å²) in [6.45, 7) is 2.57. The van der Waals surface area contributed by atoms with Crippen molar-refractivity contribution in [1.82, 2.24) is 15.2 Å². The molecule has 0 bridgehead atoms. The summed E-state index contributed by atoms with van der Waals surface area (Å²) in [5, 5.41) is 8.16. The van der Waals surface area contributed by atoms with E-state index in [4.69, 9.17) is 14.2 Å². The van der Waals surface area contributed by atoms with Gasteiger partial charge in [0.25, 0.3) is 0 Å². The molecule has 28 heavy (non-hydrogen) atoms. The highest BCUT2D eigenvalue weighted by Gasteiger charge is 2.41. The number of H-pyrrole nitrogens is 1. The quantitative estimate of drug-likeness (QED) is 0.753. The Morgan fingerprint density at radius 1 is 1.14 bits per heavy atom. The molecular formula is C21H24N4O3. The lowest BCUT2D eigenvalue weighted by molar-refractivity contribution is -0.0767. The van der Waals surface area contributed by atoms with E-state index in [1.54, 1.807) is 14.2 Å². The van der Waals surface area contributed by atoms with Crippen LogP contribution in [0.2, 0.25) is 0 Å². The number of aromatic nitrogens is 3. The van der Waals surface area contributed by atoms with Gasteiger partial charge < -0.3 is 19.1 Å². The van der Waals surface area contributed by atoms with Crippen LogP contribution >= 0.6 is 0 Å². The van der Waals surface area contributed by atoms with Crippen LogP contribution in [0.4, 0.5) is 5.69 Å². The highest BCUT2D eigenvalue weighted by molar-refractivity contribution is 5.88. The molecule has 0 aliphatic carbocycles. The fourth-order valence-corrected chi connectivity index (χ4v) is 4.62. The Morgan fingerprint density at radius 3 is 2.71 bits per heavy atom. The van der Waals surface area contributed by atoms with Crippen LogP contribution in [-0.2, 0) is 16.8 Å². The number of nitrogens with one attached hydrogen (secondary N) is 1. The lowest BCUT2D eigenvalue weighted by Gasteiger charge is -2.46. The van der Waals surface area contributed by atoms with Crippen LogP contribution in [-0.4, -0.2) is 49.1 Å². The Hall–Kier alpha value is -2.80. The van der Waals surface area contributed by atoms with E-state index in [1.807, 2.05) is 12.4 Å². The van der Waals surface area contributed by atoms with Crippen LogP contribution in [0.15, 0.2) is 30.6 Å². The van der Waals surface area contributed by atoms with Gasteiger partial charge in [0.05, 0.1) is 43.7 Å².